The van der Waals surface area contributed by atoms with Crippen LogP contribution in [0.5, 0.6) is 0 Å². The van der Waals surface area contributed by atoms with Crippen LogP contribution in [0.2, 0.25) is 0 Å². The highest BCUT2D eigenvalue weighted by Gasteiger charge is 2.03. The molecule has 0 aromatic heterocycles. The second-order valence-electron chi connectivity index (χ2n) is 2.86. The van der Waals surface area contributed by atoms with E-state index in [4.69, 9.17) is 0 Å². The average molecular weight is 236 g/mol. The molecule has 1 rings (SSSR count). The minimum Gasteiger partial charge on any atom is -0.102 e. The Kier molecular flexibility index (Phi) is 3.49. The van der Waals surface area contributed by atoms with E-state index in [0.29, 0.717) is 0 Å². The van der Waals surface area contributed by atoms with Gasteiger partial charge in [0.15, 0.2) is 0 Å². The molecule has 0 N–H and O–H groups in total. The van der Waals surface area contributed by atoms with Crippen molar-refractivity contribution in [1.29, 1.82) is 0 Å². The molecule has 67 valence electrons. The minimum absolute atomic E-state index is 1.07. The summed E-state index contributed by atoms with van der Waals surface area (Å²) in [6, 6.07) is 6.20. The van der Waals surface area contributed by atoms with Gasteiger partial charge in [0.25, 0.3) is 0 Å². The quantitative estimate of drug-likeness (QED) is 0.737. The van der Waals surface area contributed by atoms with Gasteiger partial charge in [0, 0.05) is 10.4 Å². The van der Waals surface area contributed by atoms with Crippen LogP contribution < -0.4 is 0 Å². The van der Waals surface area contributed by atoms with E-state index in [1.54, 1.807) is 0 Å². The van der Waals surface area contributed by atoms with E-state index in [1.165, 1.54) is 11.5 Å². The van der Waals surface area contributed by atoms with Gasteiger partial charge in [-0.3, -0.25) is 0 Å². The van der Waals surface area contributed by atoms with E-state index in [2.05, 4.69) is 41.2 Å². The molecule has 0 saturated carbocycles. The zero-order chi connectivity index (χ0) is 9.84. The average Bonchev–Trinajstić information content (AvgIpc) is 2.15. The van der Waals surface area contributed by atoms with Gasteiger partial charge in [-0.15, -0.1) is 6.58 Å². The highest BCUT2D eigenvalue weighted by molar-refractivity contribution is 9.10. The summed E-state index contributed by atoms with van der Waals surface area (Å²) in [4.78, 5) is 0. The second kappa shape index (κ2) is 4.43. The summed E-state index contributed by atoms with van der Waals surface area (Å²) in [6.07, 6.45) is 3.69. The van der Waals surface area contributed by atoms with Gasteiger partial charge in [-0.25, -0.2) is 0 Å². The molecular weight excluding hydrogens is 224 g/mol. The molecule has 1 aromatic carbocycles. The maximum absolute atomic E-state index is 3.74. The third-order valence-corrected chi connectivity index (χ3v) is 2.38. The fourth-order valence-corrected chi connectivity index (χ4v) is 1.59. The van der Waals surface area contributed by atoms with Crippen molar-refractivity contribution in [3.63, 3.8) is 0 Å². The van der Waals surface area contributed by atoms with Crippen molar-refractivity contribution in [2.75, 3.05) is 0 Å². The van der Waals surface area contributed by atoms with Gasteiger partial charge in [0.2, 0.25) is 0 Å². The van der Waals surface area contributed by atoms with Crippen LogP contribution in [0.15, 0.2) is 41.9 Å². The van der Waals surface area contributed by atoms with Crippen molar-refractivity contribution in [2.45, 2.75) is 6.92 Å². The lowest BCUT2D eigenvalue weighted by Crippen LogP contribution is -1.90. The molecule has 1 heteroatoms. The SMILES string of the molecule is C=C[C](C)c1cc(Br)cc(C=C)c1. The molecule has 0 aliphatic rings. The van der Waals surface area contributed by atoms with Gasteiger partial charge < -0.3 is 0 Å². The Morgan fingerprint density at radius 2 is 2.00 bits per heavy atom. The number of halogens is 1. The topological polar surface area (TPSA) is 0 Å². The third-order valence-electron chi connectivity index (χ3n) is 1.92. The molecule has 0 unspecified atom stereocenters. The smallest absolute Gasteiger partial charge is 0.0230 e. The first-order valence-electron chi connectivity index (χ1n) is 4.06. The summed E-state index contributed by atoms with van der Waals surface area (Å²) >= 11 is 3.46. The normalized spacial score (nSPS) is 10.1. The molecule has 0 atom stereocenters. The fourth-order valence-electron chi connectivity index (χ4n) is 1.08. The predicted octanol–water partition coefficient (Wildman–Crippen LogP) is 4.22. The first kappa shape index (κ1) is 10.3. The molecule has 0 nitrogen and oxygen atoms in total. The lowest BCUT2D eigenvalue weighted by molar-refractivity contribution is 1.25. The Balaban J connectivity index is 3.14. The van der Waals surface area contributed by atoms with E-state index in [1.807, 2.05) is 25.1 Å². The van der Waals surface area contributed by atoms with Crippen LogP contribution in [-0.2, 0) is 0 Å². The molecule has 0 fully saturated rings. The number of rotatable bonds is 3. The second-order valence-corrected chi connectivity index (χ2v) is 3.78. The van der Waals surface area contributed by atoms with Crippen molar-refractivity contribution < 1.29 is 0 Å². The zero-order valence-electron chi connectivity index (χ0n) is 7.68. The maximum atomic E-state index is 3.74. The summed E-state index contributed by atoms with van der Waals surface area (Å²) in [7, 11) is 0. The maximum Gasteiger partial charge on any atom is 0.0230 e. The fraction of sp³-hybridized carbons (Fsp3) is 0.0833. The van der Waals surface area contributed by atoms with Gasteiger partial charge in [-0.2, -0.15) is 0 Å². The Morgan fingerprint density at radius 1 is 1.31 bits per heavy atom. The monoisotopic (exact) mass is 235 g/mol. The van der Waals surface area contributed by atoms with Crippen LogP contribution >= 0.6 is 15.9 Å². The highest BCUT2D eigenvalue weighted by Crippen LogP contribution is 2.22. The summed E-state index contributed by atoms with van der Waals surface area (Å²) in [5.74, 6) is 1.17. The Morgan fingerprint density at radius 3 is 2.54 bits per heavy atom. The number of hydrogen-bond acceptors (Lipinski definition) is 0. The molecule has 0 bridgehead atoms. The lowest BCUT2D eigenvalue weighted by Gasteiger charge is -2.07. The highest BCUT2D eigenvalue weighted by atomic mass is 79.9. The largest absolute Gasteiger partial charge is 0.102 e. The standard InChI is InChI=1S/C12H12Br/c1-4-9(3)11-6-10(5-2)7-12(13)8-11/h4-8H,1-2H2,3H3. The molecule has 0 aliphatic carbocycles. The van der Waals surface area contributed by atoms with Crippen LogP contribution in [0.3, 0.4) is 0 Å². The van der Waals surface area contributed by atoms with Gasteiger partial charge in [-0.1, -0.05) is 47.7 Å². The molecule has 0 aliphatic heterocycles. The summed E-state index contributed by atoms with van der Waals surface area (Å²) in [5, 5.41) is 0. The Labute approximate surface area is 88.1 Å². The molecule has 0 saturated heterocycles. The van der Waals surface area contributed by atoms with Crippen LogP contribution in [0.1, 0.15) is 18.1 Å². The number of hydrogen-bond donors (Lipinski definition) is 0. The molecule has 1 aromatic rings. The van der Waals surface area contributed by atoms with Crippen LogP contribution in [0, 0.1) is 5.92 Å². The molecule has 0 amide bonds. The Hall–Kier alpha value is -0.820. The van der Waals surface area contributed by atoms with E-state index in [0.717, 1.165) is 10.0 Å². The third kappa shape index (κ3) is 2.56. The Bertz CT molecular complexity index is 326. The van der Waals surface area contributed by atoms with Crippen molar-refractivity contribution in [3.8, 4) is 0 Å². The van der Waals surface area contributed by atoms with Crippen molar-refractivity contribution in [3.05, 3.63) is 59.0 Å². The van der Waals surface area contributed by atoms with Gasteiger partial charge >= 0.3 is 0 Å². The molecular formula is C12H12Br. The van der Waals surface area contributed by atoms with E-state index in [9.17, 15) is 0 Å². The van der Waals surface area contributed by atoms with Gasteiger partial charge in [0.05, 0.1) is 0 Å². The summed E-state index contributed by atoms with van der Waals surface area (Å²) in [5.41, 5.74) is 2.30. The van der Waals surface area contributed by atoms with E-state index in [-0.39, 0.29) is 0 Å². The van der Waals surface area contributed by atoms with Crippen LogP contribution in [0.25, 0.3) is 6.08 Å². The van der Waals surface area contributed by atoms with E-state index >= 15 is 0 Å². The predicted molar refractivity (Wildman–Crippen MR) is 62.4 cm³/mol. The molecule has 0 spiro atoms. The number of benzene rings is 1. The number of allylic oxidation sites excluding steroid dienone is 1. The first-order valence-corrected chi connectivity index (χ1v) is 4.86. The molecule has 13 heavy (non-hydrogen) atoms. The van der Waals surface area contributed by atoms with Crippen LogP contribution in [-0.4, -0.2) is 0 Å². The summed E-state index contributed by atoms with van der Waals surface area (Å²) < 4.78 is 1.07. The van der Waals surface area contributed by atoms with Gasteiger partial charge in [-0.05, 0) is 23.3 Å². The molecule has 1 radical (unpaired) electrons. The minimum atomic E-state index is 1.07. The van der Waals surface area contributed by atoms with Crippen molar-refractivity contribution in [2.24, 2.45) is 0 Å². The lowest BCUT2D eigenvalue weighted by atomic mass is 9.99. The van der Waals surface area contributed by atoms with Gasteiger partial charge in [0.1, 0.15) is 0 Å². The summed E-state index contributed by atoms with van der Waals surface area (Å²) in [6.45, 7) is 9.53. The van der Waals surface area contributed by atoms with Crippen molar-refractivity contribution >= 4 is 22.0 Å². The van der Waals surface area contributed by atoms with Crippen LogP contribution in [0.4, 0.5) is 0 Å². The van der Waals surface area contributed by atoms with E-state index < -0.39 is 0 Å². The van der Waals surface area contributed by atoms with Crippen molar-refractivity contribution in [1.82, 2.24) is 0 Å². The molecule has 0 heterocycles. The first-order chi connectivity index (χ1) is 6.17. The zero-order valence-corrected chi connectivity index (χ0v) is 9.26.